The molecule has 0 amide bonds. The lowest BCUT2D eigenvalue weighted by Crippen LogP contribution is -2.24. The zero-order chi connectivity index (χ0) is 8.39. The average molecular weight is 163 g/mol. The maximum Gasteiger partial charge on any atom is 0.0522 e. The van der Waals surface area contributed by atoms with Crippen LogP contribution in [0.25, 0.3) is 0 Å². The van der Waals surface area contributed by atoms with Crippen LogP contribution in [0, 0.1) is 0 Å². The molecule has 2 rings (SSSR count). The normalized spacial score (nSPS) is 22.8. The molecule has 0 radical (unpaired) electrons. The van der Waals surface area contributed by atoms with Crippen LogP contribution in [0.3, 0.4) is 0 Å². The molecule has 1 aliphatic rings. The third-order valence-corrected chi connectivity index (χ3v) is 2.29. The van der Waals surface area contributed by atoms with Crippen LogP contribution in [-0.2, 0) is 13.1 Å². The molecule has 3 heteroatoms. The van der Waals surface area contributed by atoms with Crippen molar-refractivity contribution in [2.45, 2.75) is 25.6 Å². The van der Waals surface area contributed by atoms with Gasteiger partial charge in [-0.3, -0.25) is 4.68 Å². The molecule has 2 heterocycles. The van der Waals surface area contributed by atoms with Crippen molar-refractivity contribution in [3.8, 4) is 0 Å². The average Bonchev–Trinajstić information content (AvgIpc) is 2.46. The second-order valence-electron chi connectivity index (χ2n) is 3.06. The molecule has 1 aromatic heterocycles. The predicted molar refractivity (Wildman–Crippen MR) is 47.7 cm³/mol. The Morgan fingerprint density at radius 1 is 1.75 bits per heavy atom. The van der Waals surface area contributed by atoms with Gasteiger partial charge >= 0.3 is 0 Å². The molecule has 1 aliphatic heterocycles. The van der Waals surface area contributed by atoms with Crippen molar-refractivity contribution in [1.29, 1.82) is 0 Å². The van der Waals surface area contributed by atoms with Crippen LogP contribution in [0.5, 0.6) is 0 Å². The fourth-order valence-electron chi connectivity index (χ4n) is 1.51. The minimum Gasteiger partial charge on any atom is -0.305 e. The van der Waals surface area contributed by atoms with Crippen LogP contribution in [0.4, 0.5) is 0 Å². The fraction of sp³-hybridized carbons (Fsp3) is 0.444. The minimum absolute atomic E-state index is 0.437. The highest BCUT2D eigenvalue weighted by Gasteiger charge is 2.11. The number of nitrogens with one attached hydrogen (secondary N) is 1. The van der Waals surface area contributed by atoms with E-state index in [-0.39, 0.29) is 0 Å². The summed E-state index contributed by atoms with van der Waals surface area (Å²) in [5.74, 6) is 0. The Labute approximate surface area is 72.1 Å². The van der Waals surface area contributed by atoms with Gasteiger partial charge < -0.3 is 5.32 Å². The number of nitrogens with zero attached hydrogens (tertiary/aromatic N) is 2. The third-order valence-electron chi connectivity index (χ3n) is 2.29. The summed E-state index contributed by atoms with van der Waals surface area (Å²) in [6.07, 6.45) is 4.90. The molecule has 0 bridgehead atoms. The molecule has 0 fully saturated rings. The summed E-state index contributed by atoms with van der Waals surface area (Å²) >= 11 is 0. The van der Waals surface area contributed by atoms with E-state index in [2.05, 4.69) is 27.7 Å². The van der Waals surface area contributed by atoms with E-state index in [0.29, 0.717) is 6.04 Å². The molecular formula is C9H13N3. The van der Waals surface area contributed by atoms with Crippen molar-refractivity contribution in [3.63, 3.8) is 0 Å². The number of aryl methyl sites for hydroxylation is 1. The van der Waals surface area contributed by atoms with Crippen LogP contribution >= 0.6 is 0 Å². The molecule has 0 saturated heterocycles. The van der Waals surface area contributed by atoms with Crippen LogP contribution in [-0.4, -0.2) is 15.8 Å². The Hall–Kier alpha value is -1.09. The van der Waals surface area contributed by atoms with Gasteiger partial charge in [-0.05, 0) is 12.5 Å². The second-order valence-corrected chi connectivity index (χ2v) is 3.06. The first-order valence-electron chi connectivity index (χ1n) is 4.27. The monoisotopic (exact) mass is 163 g/mol. The smallest absolute Gasteiger partial charge is 0.0522 e. The quantitative estimate of drug-likeness (QED) is 0.624. The number of aromatic nitrogens is 2. The van der Waals surface area contributed by atoms with Gasteiger partial charge in [0.1, 0.15) is 0 Å². The molecule has 0 aliphatic carbocycles. The molecule has 1 N–H and O–H groups in total. The molecule has 1 aromatic rings. The molecule has 3 nitrogen and oxygen atoms in total. The van der Waals surface area contributed by atoms with Gasteiger partial charge in [-0.25, -0.2) is 0 Å². The lowest BCUT2D eigenvalue weighted by Gasteiger charge is -2.08. The summed E-state index contributed by atoms with van der Waals surface area (Å²) in [5.41, 5.74) is 1.26. The van der Waals surface area contributed by atoms with Crippen molar-refractivity contribution >= 4 is 0 Å². The summed E-state index contributed by atoms with van der Waals surface area (Å²) < 4.78 is 2.05. The second kappa shape index (κ2) is 3.11. The zero-order valence-electron chi connectivity index (χ0n) is 7.03. The molecular weight excluding hydrogens is 150 g/mol. The Morgan fingerprint density at radius 2 is 2.67 bits per heavy atom. The lowest BCUT2D eigenvalue weighted by molar-refractivity contribution is 0.538. The van der Waals surface area contributed by atoms with E-state index in [4.69, 9.17) is 0 Å². The molecule has 64 valence electrons. The van der Waals surface area contributed by atoms with Gasteiger partial charge in [0.05, 0.1) is 5.69 Å². The van der Waals surface area contributed by atoms with Gasteiger partial charge in [0.25, 0.3) is 0 Å². The van der Waals surface area contributed by atoms with Gasteiger partial charge in [0, 0.05) is 25.3 Å². The van der Waals surface area contributed by atoms with Crippen molar-refractivity contribution in [3.05, 3.63) is 30.6 Å². The number of rotatable bonds is 1. The van der Waals surface area contributed by atoms with E-state index in [1.54, 1.807) is 0 Å². The van der Waals surface area contributed by atoms with Crippen molar-refractivity contribution < 1.29 is 0 Å². The Bertz CT molecular complexity index is 255. The standard InChI is InChI=1S/C9H13N3/c1-2-8-4-6-12-9(7-10-8)3-5-11-12/h2-3,5,8,10H,1,4,6-7H2. The van der Waals surface area contributed by atoms with Crippen LogP contribution in [0.2, 0.25) is 0 Å². The van der Waals surface area contributed by atoms with Crippen LogP contribution in [0.15, 0.2) is 24.9 Å². The van der Waals surface area contributed by atoms with Crippen molar-refractivity contribution in [2.24, 2.45) is 0 Å². The lowest BCUT2D eigenvalue weighted by atomic mass is 10.2. The Balaban J connectivity index is 2.15. The SMILES string of the molecule is C=CC1CCn2nccc2CN1. The molecule has 0 saturated carbocycles. The summed E-state index contributed by atoms with van der Waals surface area (Å²) in [4.78, 5) is 0. The van der Waals surface area contributed by atoms with Gasteiger partial charge in [-0.2, -0.15) is 5.10 Å². The van der Waals surface area contributed by atoms with E-state index < -0.39 is 0 Å². The Kier molecular flexibility index (Phi) is 1.96. The summed E-state index contributed by atoms with van der Waals surface area (Å²) in [7, 11) is 0. The number of hydrogen-bond acceptors (Lipinski definition) is 2. The number of fused-ring (bicyclic) bond motifs is 1. The van der Waals surface area contributed by atoms with E-state index in [1.165, 1.54) is 5.69 Å². The molecule has 0 aromatic carbocycles. The van der Waals surface area contributed by atoms with Gasteiger partial charge in [-0.1, -0.05) is 6.08 Å². The topological polar surface area (TPSA) is 29.9 Å². The molecule has 1 atom stereocenters. The first kappa shape index (κ1) is 7.55. The van der Waals surface area contributed by atoms with E-state index in [9.17, 15) is 0 Å². The third kappa shape index (κ3) is 1.28. The predicted octanol–water partition coefficient (Wildman–Crippen LogP) is 0.931. The maximum absolute atomic E-state index is 4.23. The van der Waals surface area contributed by atoms with Crippen LogP contribution < -0.4 is 5.32 Å². The first-order chi connectivity index (χ1) is 5.90. The maximum atomic E-state index is 4.23. The minimum atomic E-state index is 0.437. The largest absolute Gasteiger partial charge is 0.305 e. The summed E-state index contributed by atoms with van der Waals surface area (Å²) in [6.45, 7) is 5.67. The first-order valence-corrected chi connectivity index (χ1v) is 4.27. The van der Waals surface area contributed by atoms with E-state index in [0.717, 1.165) is 19.5 Å². The van der Waals surface area contributed by atoms with E-state index in [1.807, 2.05) is 12.3 Å². The highest BCUT2D eigenvalue weighted by atomic mass is 15.3. The highest BCUT2D eigenvalue weighted by molar-refractivity contribution is 5.03. The summed E-state index contributed by atoms with van der Waals surface area (Å²) in [5, 5.41) is 7.62. The van der Waals surface area contributed by atoms with Crippen molar-refractivity contribution in [1.82, 2.24) is 15.1 Å². The number of hydrogen-bond donors (Lipinski definition) is 1. The van der Waals surface area contributed by atoms with Gasteiger partial charge in [-0.15, -0.1) is 6.58 Å². The molecule has 0 spiro atoms. The van der Waals surface area contributed by atoms with Gasteiger partial charge in [0.15, 0.2) is 0 Å². The van der Waals surface area contributed by atoms with Crippen LogP contribution in [0.1, 0.15) is 12.1 Å². The fourth-order valence-corrected chi connectivity index (χ4v) is 1.51. The van der Waals surface area contributed by atoms with E-state index >= 15 is 0 Å². The Morgan fingerprint density at radius 3 is 3.50 bits per heavy atom. The summed E-state index contributed by atoms with van der Waals surface area (Å²) in [6, 6.07) is 2.49. The van der Waals surface area contributed by atoms with Crippen molar-refractivity contribution in [2.75, 3.05) is 0 Å². The highest BCUT2D eigenvalue weighted by Crippen LogP contribution is 2.07. The zero-order valence-corrected chi connectivity index (χ0v) is 7.03. The van der Waals surface area contributed by atoms with Gasteiger partial charge in [0.2, 0.25) is 0 Å². The molecule has 12 heavy (non-hydrogen) atoms. The molecule has 1 unspecified atom stereocenters.